The SMILES string of the molecule is CC(=O)Oc1cccc(C(=O)N2CCCN(C(=O)/C=C/c3cccc(C)c3)CC2)c1. The first-order chi connectivity index (χ1) is 14.4. The third-order valence-corrected chi connectivity index (χ3v) is 4.90. The van der Waals surface area contributed by atoms with Gasteiger partial charge in [0.1, 0.15) is 5.75 Å². The zero-order valence-electron chi connectivity index (χ0n) is 17.3. The van der Waals surface area contributed by atoms with Crippen LogP contribution in [0.3, 0.4) is 0 Å². The van der Waals surface area contributed by atoms with Crippen LogP contribution in [0, 0.1) is 6.92 Å². The van der Waals surface area contributed by atoms with Crippen LogP contribution in [0.5, 0.6) is 5.75 Å². The van der Waals surface area contributed by atoms with Crippen molar-refractivity contribution in [1.82, 2.24) is 9.80 Å². The minimum absolute atomic E-state index is 0.0531. The van der Waals surface area contributed by atoms with E-state index in [1.54, 1.807) is 40.1 Å². The summed E-state index contributed by atoms with van der Waals surface area (Å²) in [6, 6.07) is 14.6. The van der Waals surface area contributed by atoms with Crippen molar-refractivity contribution in [1.29, 1.82) is 0 Å². The number of carbonyl (C=O) groups is 3. The number of hydrogen-bond donors (Lipinski definition) is 0. The lowest BCUT2D eigenvalue weighted by molar-refractivity contribution is -0.132. The molecule has 6 heteroatoms. The molecule has 0 aliphatic carbocycles. The summed E-state index contributed by atoms with van der Waals surface area (Å²) in [4.78, 5) is 40.1. The molecule has 30 heavy (non-hydrogen) atoms. The van der Waals surface area contributed by atoms with Gasteiger partial charge in [-0.25, -0.2) is 0 Å². The van der Waals surface area contributed by atoms with Crippen molar-refractivity contribution < 1.29 is 19.1 Å². The minimum Gasteiger partial charge on any atom is -0.427 e. The Morgan fingerprint density at radius 1 is 0.933 bits per heavy atom. The molecule has 1 aliphatic rings. The predicted octanol–water partition coefficient (Wildman–Crippen LogP) is 3.31. The fourth-order valence-corrected chi connectivity index (χ4v) is 3.43. The monoisotopic (exact) mass is 406 g/mol. The summed E-state index contributed by atoms with van der Waals surface area (Å²) < 4.78 is 5.07. The van der Waals surface area contributed by atoms with E-state index >= 15 is 0 Å². The Morgan fingerprint density at radius 3 is 2.43 bits per heavy atom. The molecule has 0 saturated carbocycles. The first-order valence-electron chi connectivity index (χ1n) is 10.0. The predicted molar refractivity (Wildman–Crippen MR) is 115 cm³/mol. The van der Waals surface area contributed by atoms with Gasteiger partial charge in [0.15, 0.2) is 0 Å². The normalized spacial score (nSPS) is 14.5. The van der Waals surface area contributed by atoms with Crippen molar-refractivity contribution in [3.63, 3.8) is 0 Å². The molecular weight excluding hydrogens is 380 g/mol. The highest BCUT2D eigenvalue weighted by Crippen LogP contribution is 2.17. The molecule has 3 rings (SSSR count). The van der Waals surface area contributed by atoms with Gasteiger partial charge in [-0.1, -0.05) is 35.9 Å². The Bertz CT molecular complexity index is 967. The zero-order chi connectivity index (χ0) is 21.5. The summed E-state index contributed by atoms with van der Waals surface area (Å²) in [7, 11) is 0. The van der Waals surface area contributed by atoms with Crippen molar-refractivity contribution >= 4 is 23.9 Å². The van der Waals surface area contributed by atoms with E-state index < -0.39 is 5.97 Å². The van der Waals surface area contributed by atoms with E-state index in [4.69, 9.17) is 4.74 Å². The lowest BCUT2D eigenvalue weighted by Crippen LogP contribution is -2.36. The standard InChI is InChI=1S/C24H26N2O4/c1-18-6-3-7-20(16-18)10-11-23(28)25-12-5-13-26(15-14-25)24(29)21-8-4-9-22(17-21)30-19(2)27/h3-4,6-11,16-17H,5,12-15H2,1-2H3/b11-10+. The van der Waals surface area contributed by atoms with Crippen LogP contribution in [0.25, 0.3) is 6.08 Å². The van der Waals surface area contributed by atoms with Crippen LogP contribution in [0.4, 0.5) is 0 Å². The van der Waals surface area contributed by atoms with Crippen molar-refractivity contribution in [3.05, 3.63) is 71.3 Å². The Balaban J connectivity index is 1.61. The average molecular weight is 406 g/mol. The van der Waals surface area contributed by atoms with Gasteiger partial charge in [0.2, 0.25) is 5.91 Å². The summed E-state index contributed by atoms with van der Waals surface area (Å²) in [5.41, 5.74) is 2.60. The maximum absolute atomic E-state index is 12.9. The summed E-state index contributed by atoms with van der Waals surface area (Å²) in [5, 5.41) is 0. The molecule has 1 saturated heterocycles. The van der Waals surface area contributed by atoms with E-state index in [1.165, 1.54) is 6.92 Å². The second kappa shape index (κ2) is 9.87. The Labute approximate surface area is 176 Å². The minimum atomic E-state index is -0.428. The van der Waals surface area contributed by atoms with Gasteiger partial charge in [0, 0.05) is 44.7 Å². The number of esters is 1. The highest BCUT2D eigenvalue weighted by atomic mass is 16.5. The Kier molecular flexibility index (Phi) is 7.01. The Hall–Kier alpha value is -3.41. The van der Waals surface area contributed by atoms with Crippen LogP contribution in [0.15, 0.2) is 54.6 Å². The van der Waals surface area contributed by atoms with E-state index in [0.717, 1.165) is 11.1 Å². The summed E-state index contributed by atoms with van der Waals surface area (Å²) >= 11 is 0. The molecule has 156 valence electrons. The largest absolute Gasteiger partial charge is 0.427 e. The molecule has 1 aliphatic heterocycles. The molecule has 6 nitrogen and oxygen atoms in total. The number of amides is 2. The maximum atomic E-state index is 12.9. The fourth-order valence-electron chi connectivity index (χ4n) is 3.43. The summed E-state index contributed by atoms with van der Waals surface area (Å²) in [6.07, 6.45) is 4.12. The molecule has 1 fully saturated rings. The number of rotatable bonds is 4. The van der Waals surface area contributed by atoms with Gasteiger partial charge in [-0.3, -0.25) is 14.4 Å². The number of aryl methyl sites for hydroxylation is 1. The number of carbonyl (C=O) groups excluding carboxylic acids is 3. The second-order valence-corrected chi connectivity index (χ2v) is 7.34. The first-order valence-corrected chi connectivity index (χ1v) is 10.0. The smallest absolute Gasteiger partial charge is 0.308 e. The molecule has 0 unspecified atom stereocenters. The zero-order valence-corrected chi connectivity index (χ0v) is 17.3. The van der Waals surface area contributed by atoms with Crippen molar-refractivity contribution in [2.24, 2.45) is 0 Å². The molecule has 0 N–H and O–H groups in total. The molecule has 2 amide bonds. The summed E-state index contributed by atoms with van der Waals surface area (Å²) in [5.74, 6) is -0.264. The molecule has 2 aromatic carbocycles. The molecular formula is C24H26N2O4. The lowest BCUT2D eigenvalue weighted by Gasteiger charge is -2.21. The molecule has 0 bridgehead atoms. The Morgan fingerprint density at radius 2 is 1.67 bits per heavy atom. The van der Waals surface area contributed by atoms with Gasteiger partial charge in [-0.2, -0.15) is 0 Å². The first kappa shape index (κ1) is 21.3. The van der Waals surface area contributed by atoms with E-state index in [9.17, 15) is 14.4 Å². The van der Waals surface area contributed by atoms with Crippen LogP contribution in [0.1, 0.15) is 34.8 Å². The number of hydrogen-bond acceptors (Lipinski definition) is 4. The van der Waals surface area contributed by atoms with Crippen molar-refractivity contribution in [3.8, 4) is 5.75 Å². The third-order valence-electron chi connectivity index (χ3n) is 4.90. The molecule has 0 radical (unpaired) electrons. The average Bonchev–Trinajstić information content (AvgIpc) is 2.97. The highest BCUT2D eigenvalue weighted by Gasteiger charge is 2.22. The summed E-state index contributed by atoms with van der Waals surface area (Å²) in [6.45, 7) is 5.45. The van der Waals surface area contributed by atoms with Crippen LogP contribution in [0.2, 0.25) is 0 Å². The second-order valence-electron chi connectivity index (χ2n) is 7.34. The quantitative estimate of drug-likeness (QED) is 0.444. The van der Waals surface area contributed by atoms with Crippen LogP contribution in [-0.2, 0) is 9.59 Å². The van der Waals surface area contributed by atoms with Gasteiger partial charge < -0.3 is 14.5 Å². The van der Waals surface area contributed by atoms with Gasteiger partial charge in [-0.05, 0) is 43.2 Å². The third kappa shape index (κ3) is 5.80. The van der Waals surface area contributed by atoms with E-state index in [2.05, 4.69) is 0 Å². The molecule has 1 heterocycles. The molecule has 0 aromatic heterocycles. The van der Waals surface area contributed by atoms with Gasteiger partial charge in [0.05, 0.1) is 0 Å². The lowest BCUT2D eigenvalue weighted by atomic mass is 10.1. The molecule has 2 aromatic rings. The van der Waals surface area contributed by atoms with E-state index in [0.29, 0.717) is 43.9 Å². The van der Waals surface area contributed by atoms with Gasteiger partial charge in [0.25, 0.3) is 5.91 Å². The number of nitrogens with zero attached hydrogens (tertiary/aromatic N) is 2. The molecule has 0 atom stereocenters. The van der Waals surface area contributed by atoms with Crippen molar-refractivity contribution in [2.75, 3.05) is 26.2 Å². The van der Waals surface area contributed by atoms with Crippen molar-refractivity contribution in [2.45, 2.75) is 20.3 Å². The van der Waals surface area contributed by atoms with E-state index in [-0.39, 0.29) is 11.8 Å². The van der Waals surface area contributed by atoms with Gasteiger partial charge >= 0.3 is 5.97 Å². The van der Waals surface area contributed by atoms with E-state index in [1.807, 2.05) is 37.3 Å². The topological polar surface area (TPSA) is 66.9 Å². The fraction of sp³-hybridized carbons (Fsp3) is 0.292. The van der Waals surface area contributed by atoms with Crippen LogP contribution >= 0.6 is 0 Å². The number of benzene rings is 2. The maximum Gasteiger partial charge on any atom is 0.308 e. The molecule has 0 spiro atoms. The van der Waals surface area contributed by atoms with Crippen LogP contribution < -0.4 is 4.74 Å². The number of ether oxygens (including phenoxy) is 1. The highest BCUT2D eigenvalue weighted by molar-refractivity contribution is 5.95. The van der Waals surface area contributed by atoms with Crippen LogP contribution in [-0.4, -0.2) is 53.8 Å². The van der Waals surface area contributed by atoms with Gasteiger partial charge in [-0.15, -0.1) is 0 Å².